The number of halogens is 1. The molecule has 0 aliphatic carbocycles. The number of aliphatic hydroxyl groups excluding tert-OH is 1. The van der Waals surface area contributed by atoms with Gasteiger partial charge in [0, 0.05) is 18.2 Å². The number of nitrogens with one attached hydrogen (secondary N) is 1. The van der Waals surface area contributed by atoms with Gasteiger partial charge in [0.15, 0.2) is 5.69 Å². The molecule has 0 saturated carbocycles. The average Bonchev–Trinajstić information content (AvgIpc) is 3.01. The molecule has 0 spiro atoms. The van der Waals surface area contributed by atoms with Crippen molar-refractivity contribution in [1.82, 2.24) is 20.3 Å². The third kappa shape index (κ3) is 5.04. The maximum absolute atomic E-state index is 12.0. The SMILES string of the molecule is CC(C)(CO)CCCNC(=O)c1cnn(-c2cccc(Cl)c2)n1. The third-order valence-electron chi connectivity index (χ3n) is 3.51. The van der Waals surface area contributed by atoms with Crippen LogP contribution in [-0.2, 0) is 0 Å². The standard InChI is InChI=1S/C16H21ClN4O2/c1-16(2,11-22)7-4-8-18-15(23)14-10-19-21(20-14)13-6-3-5-12(17)9-13/h3,5-6,9-10,22H,4,7-8,11H2,1-2H3,(H,18,23). The number of rotatable bonds is 7. The Bertz CT molecular complexity index is 670. The Hall–Kier alpha value is -1.92. The highest BCUT2D eigenvalue weighted by Gasteiger charge is 2.16. The first-order chi connectivity index (χ1) is 10.9. The summed E-state index contributed by atoms with van der Waals surface area (Å²) in [5.74, 6) is -0.264. The number of amides is 1. The zero-order valence-electron chi connectivity index (χ0n) is 13.3. The number of aromatic nitrogens is 3. The Labute approximate surface area is 140 Å². The first-order valence-corrected chi connectivity index (χ1v) is 7.86. The van der Waals surface area contributed by atoms with Crippen LogP contribution in [0, 0.1) is 5.41 Å². The van der Waals surface area contributed by atoms with Gasteiger partial charge in [-0.15, -0.1) is 5.10 Å². The minimum atomic E-state index is -0.264. The zero-order chi connectivity index (χ0) is 16.9. The van der Waals surface area contributed by atoms with E-state index >= 15 is 0 Å². The number of benzene rings is 1. The van der Waals surface area contributed by atoms with Crippen LogP contribution in [0.2, 0.25) is 5.02 Å². The fraction of sp³-hybridized carbons (Fsp3) is 0.438. The molecule has 0 bridgehead atoms. The first kappa shape index (κ1) is 17.4. The summed E-state index contributed by atoms with van der Waals surface area (Å²) in [6, 6.07) is 7.09. The molecule has 2 N–H and O–H groups in total. The van der Waals surface area contributed by atoms with Gasteiger partial charge < -0.3 is 10.4 Å². The molecule has 1 aromatic heterocycles. The summed E-state index contributed by atoms with van der Waals surface area (Å²) in [7, 11) is 0. The number of carbonyl (C=O) groups excluding carboxylic acids is 1. The van der Waals surface area contributed by atoms with Gasteiger partial charge >= 0.3 is 0 Å². The molecule has 1 aromatic carbocycles. The lowest BCUT2D eigenvalue weighted by Gasteiger charge is -2.21. The lowest BCUT2D eigenvalue weighted by Crippen LogP contribution is -2.26. The van der Waals surface area contributed by atoms with Crippen molar-refractivity contribution in [2.45, 2.75) is 26.7 Å². The predicted octanol–water partition coefficient (Wildman–Crippen LogP) is 2.45. The Balaban J connectivity index is 1.89. The Morgan fingerprint density at radius 1 is 1.43 bits per heavy atom. The summed E-state index contributed by atoms with van der Waals surface area (Å²) >= 11 is 5.93. The Morgan fingerprint density at radius 2 is 2.22 bits per heavy atom. The zero-order valence-corrected chi connectivity index (χ0v) is 14.0. The van der Waals surface area contributed by atoms with Crippen LogP contribution in [0.25, 0.3) is 5.69 Å². The van der Waals surface area contributed by atoms with Crippen molar-refractivity contribution >= 4 is 17.5 Å². The molecule has 2 rings (SSSR count). The van der Waals surface area contributed by atoms with E-state index in [2.05, 4.69) is 15.5 Å². The first-order valence-electron chi connectivity index (χ1n) is 7.49. The molecule has 0 unspecified atom stereocenters. The second kappa shape index (κ2) is 7.57. The number of hydrogen-bond donors (Lipinski definition) is 2. The molecule has 124 valence electrons. The van der Waals surface area contributed by atoms with Crippen LogP contribution in [0.4, 0.5) is 0 Å². The number of nitrogens with zero attached hydrogens (tertiary/aromatic N) is 3. The van der Waals surface area contributed by atoms with E-state index in [1.807, 2.05) is 19.9 Å². The molecule has 0 atom stereocenters. The summed E-state index contributed by atoms with van der Waals surface area (Å²) < 4.78 is 0. The molecule has 1 heterocycles. The van der Waals surface area contributed by atoms with Crippen LogP contribution in [0.5, 0.6) is 0 Å². The molecule has 23 heavy (non-hydrogen) atoms. The fourth-order valence-corrected chi connectivity index (χ4v) is 2.22. The summed E-state index contributed by atoms with van der Waals surface area (Å²) in [6.07, 6.45) is 3.05. The van der Waals surface area contributed by atoms with E-state index in [1.54, 1.807) is 18.2 Å². The monoisotopic (exact) mass is 336 g/mol. The molecule has 0 aliphatic rings. The van der Waals surface area contributed by atoms with Crippen LogP contribution in [-0.4, -0.2) is 39.2 Å². The Morgan fingerprint density at radius 3 is 2.91 bits per heavy atom. The fourth-order valence-electron chi connectivity index (χ4n) is 2.03. The van der Waals surface area contributed by atoms with Gasteiger partial charge in [-0.25, -0.2) is 0 Å². The lowest BCUT2D eigenvalue weighted by atomic mass is 9.89. The van der Waals surface area contributed by atoms with Gasteiger partial charge in [0.1, 0.15) is 0 Å². The molecule has 0 radical (unpaired) electrons. The maximum atomic E-state index is 12.0. The molecule has 0 fully saturated rings. The van der Waals surface area contributed by atoms with Crippen LogP contribution in [0.15, 0.2) is 30.5 Å². The largest absolute Gasteiger partial charge is 0.396 e. The van der Waals surface area contributed by atoms with Crippen molar-refractivity contribution in [2.75, 3.05) is 13.2 Å². The van der Waals surface area contributed by atoms with Crippen LogP contribution >= 0.6 is 11.6 Å². The van der Waals surface area contributed by atoms with Gasteiger partial charge in [-0.2, -0.15) is 9.90 Å². The van der Waals surface area contributed by atoms with E-state index in [0.29, 0.717) is 17.3 Å². The molecule has 0 aliphatic heterocycles. The quantitative estimate of drug-likeness (QED) is 0.761. The molecule has 7 heteroatoms. The van der Waals surface area contributed by atoms with E-state index in [9.17, 15) is 9.90 Å². The van der Waals surface area contributed by atoms with Crippen molar-refractivity contribution in [3.05, 3.63) is 41.2 Å². The summed E-state index contributed by atoms with van der Waals surface area (Å²) in [5, 5.41) is 20.8. The highest BCUT2D eigenvalue weighted by atomic mass is 35.5. The topological polar surface area (TPSA) is 80.0 Å². The van der Waals surface area contributed by atoms with Crippen molar-refractivity contribution in [3.8, 4) is 5.69 Å². The van der Waals surface area contributed by atoms with Gasteiger partial charge in [-0.3, -0.25) is 4.79 Å². The molecule has 1 amide bonds. The summed E-state index contributed by atoms with van der Waals surface area (Å²) in [4.78, 5) is 13.4. The normalized spacial score (nSPS) is 11.5. The number of hydrogen-bond acceptors (Lipinski definition) is 4. The van der Waals surface area contributed by atoms with Crippen molar-refractivity contribution < 1.29 is 9.90 Å². The van der Waals surface area contributed by atoms with Crippen LogP contribution < -0.4 is 5.32 Å². The smallest absolute Gasteiger partial charge is 0.273 e. The predicted molar refractivity (Wildman–Crippen MR) is 88.8 cm³/mol. The van der Waals surface area contributed by atoms with Gasteiger partial charge in [0.05, 0.1) is 11.9 Å². The van der Waals surface area contributed by atoms with Crippen molar-refractivity contribution in [2.24, 2.45) is 5.41 Å². The van der Waals surface area contributed by atoms with Crippen LogP contribution in [0.3, 0.4) is 0 Å². The maximum Gasteiger partial charge on any atom is 0.273 e. The van der Waals surface area contributed by atoms with Gasteiger partial charge in [0.2, 0.25) is 0 Å². The minimum absolute atomic E-state index is 0.125. The summed E-state index contributed by atoms with van der Waals surface area (Å²) in [5.41, 5.74) is 0.827. The third-order valence-corrected chi connectivity index (χ3v) is 3.74. The molecule has 0 saturated heterocycles. The highest BCUT2D eigenvalue weighted by Crippen LogP contribution is 2.20. The van der Waals surface area contributed by atoms with E-state index in [0.717, 1.165) is 12.8 Å². The van der Waals surface area contributed by atoms with Crippen molar-refractivity contribution in [1.29, 1.82) is 0 Å². The molecular weight excluding hydrogens is 316 g/mol. The number of carbonyl (C=O) groups is 1. The lowest BCUT2D eigenvalue weighted by molar-refractivity contribution is 0.0943. The van der Waals surface area contributed by atoms with Crippen LogP contribution in [0.1, 0.15) is 37.2 Å². The molecule has 6 nitrogen and oxygen atoms in total. The molecular formula is C16H21ClN4O2. The van der Waals surface area contributed by atoms with E-state index < -0.39 is 0 Å². The second-order valence-electron chi connectivity index (χ2n) is 6.18. The van der Waals surface area contributed by atoms with E-state index in [1.165, 1.54) is 11.0 Å². The highest BCUT2D eigenvalue weighted by molar-refractivity contribution is 6.30. The number of aliphatic hydroxyl groups is 1. The van der Waals surface area contributed by atoms with Crippen molar-refractivity contribution in [3.63, 3.8) is 0 Å². The van der Waals surface area contributed by atoms with E-state index in [4.69, 9.17) is 11.6 Å². The van der Waals surface area contributed by atoms with E-state index in [-0.39, 0.29) is 23.6 Å². The average molecular weight is 337 g/mol. The minimum Gasteiger partial charge on any atom is -0.396 e. The summed E-state index contributed by atoms with van der Waals surface area (Å²) in [6.45, 7) is 4.65. The Kier molecular flexibility index (Phi) is 5.74. The van der Waals surface area contributed by atoms with Gasteiger partial charge in [-0.1, -0.05) is 31.5 Å². The van der Waals surface area contributed by atoms with Gasteiger partial charge in [0.25, 0.3) is 5.91 Å². The second-order valence-corrected chi connectivity index (χ2v) is 6.62. The van der Waals surface area contributed by atoms with Gasteiger partial charge in [-0.05, 0) is 36.5 Å². The molecule has 2 aromatic rings.